The van der Waals surface area contributed by atoms with Crippen molar-refractivity contribution in [3.8, 4) is 11.3 Å². The summed E-state index contributed by atoms with van der Waals surface area (Å²) in [5.41, 5.74) is 1.36. The SMILES string of the molecule is O=C(O)c1cccc(-c2ccc(C=C3SC(=Nc4ccccc4)N(c4cccc(F)n4)C3=O)o2)c1. The van der Waals surface area contributed by atoms with E-state index in [1.54, 1.807) is 42.5 Å². The fourth-order valence-corrected chi connectivity index (χ4v) is 4.38. The molecule has 4 aromatic rings. The van der Waals surface area contributed by atoms with Gasteiger partial charge in [0, 0.05) is 11.6 Å². The summed E-state index contributed by atoms with van der Waals surface area (Å²) in [6.45, 7) is 0. The molecule has 1 aliphatic heterocycles. The van der Waals surface area contributed by atoms with Crippen molar-refractivity contribution in [2.45, 2.75) is 0 Å². The van der Waals surface area contributed by atoms with Gasteiger partial charge in [0.1, 0.15) is 17.3 Å². The summed E-state index contributed by atoms with van der Waals surface area (Å²) in [4.78, 5) is 34.5. The number of halogens is 1. The average Bonchev–Trinajstić information content (AvgIpc) is 3.44. The van der Waals surface area contributed by atoms with E-state index in [1.807, 2.05) is 18.2 Å². The highest BCUT2D eigenvalue weighted by Gasteiger charge is 2.36. The van der Waals surface area contributed by atoms with Gasteiger partial charge in [-0.3, -0.25) is 4.79 Å². The number of furan rings is 1. The van der Waals surface area contributed by atoms with Crippen molar-refractivity contribution >= 4 is 46.4 Å². The van der Waals surface area contributed by atoms with Crippen molar-refractivity contribution in [2.24, 2.45) is 4.99 Å². The lowest BCUT2D eigenvalue weighted by Crippen LogP contribution is -2.29. The monoisotopic (exact) mass is 485 g/mol. The first kappa shape index (κ1) is 22.3. The first-order valence-corrected chi connectivity index (χ1v) is 11.2. The number of pyridine rings is 1. The summed E-state index contributed by atoms with van der Waals surface area (Å²) >= 11 is 1.12. The number of carboxylic acid groups (broad SMARTS) is 1. The highest BCUT2D eigenvalue weighted by molar-refractivity contribution is 8.19. The van der Waals surface area contributed by atoms with Crippen molar-refractivity contribution in [1.82, 2.24) is 4.98 Å². The fraction of sp³-hybridized carbons (Fsp3) is 0. The van der Waals surface area contributed by atoms with Crippen molar-refractivity contribution in [2.75, 3.05) is 4.90 Å². The van der Waals surface area contributed by atoms with E-state index in [0.29, 0.717) is 32.8 Å². The minimum Gasteiger partial charge on any atom is -0.478 e. The van der Waals surface area contributed by atoms with Crippen molar-refractivity contribution < 1.29 is 23.5 Å². The normalized spacial score (nSPS) is 15.8. The summed E-state index contributed by atoms with van der Waals surface area (Å²) in [6.07, 6.45) is 1.57. The molecule has 0 atom stereocenters. The second-order valence-corrected chi connectivity index (χ2v) is 8.40. The van der Waals surface area contributed by atoms with Gasteiger partial charge in [-0.25, -0.2) is 19.7 Å². The zero-order chi connectivity index (χ0) is 24.4. The molecule has 1 aliphatic rings. The van der Waals surface area contributed by atoms with Gasteiger partial charge in [0.15, 0.2) is 5.17 Å². The Morgan fingerprint density at radius 1 is 1.03 bits per heavy atom. The molecule has 172 valence electrons. The molecule has 35 heavy (non-hydrogen) atoms. The first-order chi connectivity index (χ1) is 17.0. The molecule has 7 nitrogen and oxygen atoms in total. The van der Waals surface area contributed by atoms with E-state index in [9.17, 15) is 19.1 Å². The number of hydrogen-bond donors (Lipinski definition) is 1. The minimum atomic E-state index is -1.04. The Morgan fingerprint density at radius 2 is 1.83 bits per heavy atom. The number of carbonyl (C=O) groups excluding carboxylic acids is 1. The van der Waals surface area contributed by atoms with Crippen LogP contribution in [0.2, 0.25) is 0 Å². The topological polar surface area (TPSA) is 96.0 Å². The number of aromatic nitrogens is 1. The van der Waals surface area contributed by atoms with Crippen LogP contribution in [0.25, 0.3) is 17.4 Å². The Hall–Kier alpha value is -4.50. The number of hydrogen-bond acceptors (Lipinski definition) is 6. The van der Waals surface area contributed by atoms with E-state index in [-0.39, 0.29) is 11.4 Å². The molecule has 2 aromatic carbocycles. The molecule has 3 heterocycles. The smallest absolute Gasteiger partial charge is 0.335 e. The highest BCUT2D eigenvalue weighted by Crippen LogP contribution is 2.37. The van der Waals surface area contributed by atoms with Gasteiger partial charge in [0.05, 0.1) is 16.2 Å². The number of thioether (sulfide) groups is 1. The van der Waals surface area contributed by atoms with Gasteiger partial charge in [-0.05, 0) is 60.3 Å². The van der Waals surface area contributed by atoms with Crippen LogP contribution in [-0.2, 0) is 4.79 Å². The second-order valence-electron chi connectivity index (χ2n) is 7.39. The van der Waals surface area contributed by atoms with Crippen molar-refractivity contribution in [3.63, 3.8) is 0 Å². The Bertz CT molecular complexity index is 1500. The lowest BCUT2D eigenvalue weighted by atomic mass is 10.1. The highest BCUT2D eigenvalue weighted by atomic mass is 32.2. The molecule has 0 unspecified atom stereocenters. The standard InChI is InChI=1S/C26H16FN3O4S/c27-22-10-5-11-23(29-22)30-24(31)21(35-26(30)28-18-8-2-1-3-9-18)15-19-12-13-20(34-19)16-6-4-7-17(14-16)25(32)33/h1-15H,(H,32,33). The fourth-order valence-electron chi connectivity index (χ4n) is 3.41. The average molecular weight is 485 g/mol. The molecule has 1 amide bonds. The summed E-state index contributed by atoms with van der Waals surface area (Å²) in [7, 11) is 0. The predicted molar refractivity (Wildman–Crippen MR) is 132 cm³/mol. The van der Waals surface area contributed by atoms with Crippen LogP contribution in [0.3, 0.4) is 0 Å². The molecule has 2 aromatic heterocycles. The molecule has 0 saturated carbocycles. The third kappa shape index (κ3) is 4.75. The van der Waals surface area contributed by atoms with Crippen LogP contribution in [-0.4, -0.2) is 27.1 Å². The molecule has 0 radical (unpaired) electrons. The zero-order valence-electron chi connectivity index (χ0n) is 18.0. The van der Waals surface area contributed by atoms with Crippen molar-refractivity contribution in [3.05, 3.63) is 107 Å². The summed E-state index contributed by atoms with van der Waals surface area (Å²) in [5, 5.41) is 9.55. The first-order valence-electron chi connectivity index (χ1n) is 10.4. The van der Waals surface area contributed by atoms with Gasteiger partial charge in [0.25, 0.3) is 5.91 Å². The predicted octanol–water partition coefficient (Wildman–Crippen LogP) is 5.99. The molecule has 0 spiro atoms. The van der Waals surface area contributed by atoms with Gasteiger partial charge >= 0.3 is 5.97 Å². The Kier molecular flexibility index (Phi) is 5.99. The number of para-hydroxylation sites is 1. The van der Waals surface area contributed by atoms with Crippen LogP contribution in [0.15, 0.2) is 99.2 Å². The second kappa shape index (κ2) is 9.40. The Morgan fingerprint density at radius 3 is 2.60 bits per heavy atom. The number of amidine groups is 1. The summed E-state index contributed by atoms with van der Waals surface area (Å²) in [6, 6.07) is 23.0. The van der Waals surface area contributed by atoms with Gasteiger partial charge in [-0.15, -0.1) is 0 Å². The number of benzene rings is 2. The number of aliphatic imine (C=N–C) groups is 1. The number of carboxylic acids is 1. The van der Waals surface area contributed by atoms with Crippen LogP contribution in [0.1, 0.15) is 16.1 Å². The van der Waals surface area contributed by atoms with Gasteiger partial charge in [-0.2, -0.15) is 4.39 Å². The maximum atomic E-state index is 13.8. The molecular formula is C26H16FN3O4S. The zero-order valence-corrected chi connectivity index (χ0v) is 18.8. The molecule has 1 N–H and O–H groups in total. The number of aromatic carboxylic acids is 1. The third-order valence-corrected chi connectivity index (χ3v) is 5.98. The number of rotatable bonds is 5. The van der Waals surface area contributed by atoms with E-state index in [4.69, 9.17) is 4.42 Å². The Balaban J connectivity index is 1.50. The van der Waals surface area contributed by atoms with Crippen LogP contribution in [0.4, 0.5) is 15.9 Å². The maximum Gasteiger partial charge on any atom is 0.335 e. The molecule has 9 heteroatoms. The molecule has 5 rings (SSSR count). The lowest BCUT2D eigenvalue weighted by Gasteiger charge is -2.14. The Labute approximate surface area is 203 Å². The third-order valence-electron chi connectivity index (χ3n) is 5.01. The van der Waals surface area contributed by atoms with E-state index in [1.165, 1.54) is 35.2 Å². The molecular weight excluding hydrogens is 469 g/mol. The number of amides is 1. The molecule has 0 bridgehead atoms. The molecule has 1 fully saturated rings. The van der Waals surface area contributed by atoms with E-state index in [2.05, 4.69) is 9.98 Å². The largest absolute Gasteiger partial charge is 0.478 e. The number of anilines is 1. The van der Waals surface area contributed by atoms with E-state index >= 15 is 0 Å². The number of nitrogens with zero attached hydrogens (tertiary/aromatic N) is 3. The van der Waals surface area contributed by atoms with Crippen LogP contribution in [0, 0.1) is 5.95 Å². The van der Waals surface area contributed by atoms with E-state index < -0.39 is 17.8 Å². The minimum absolute atomic E-state index is 0.117. The van der Waals surface area contributed by atoms with Crippen LogP contribution in [0.5, 0.6) is 0 Å². The quantitative estimate of drug-likeness (QED) is 0.276. The van der Waals surface area contributed by atoms with E-state index in [0.717, 1.165) is 11.8 Å². The van der Waals surface area contributed by atoms with Crippen molar-refractivity contribution in [1.29, 1.82) is 0 Å². The van der Waals surface area contributed by atoms with Crippen LogP contribution < -0.4 is 4.90 Å². The van der Waals surface area contributed by atoms with Gasteiger partial charge in [-0.1, -0.05) is 36.4 Å². The van der Waals surface area contributed by atoms with Crippen LogP contribution >= 0.6 is 11.8 Å². The number of carbonyl (C=O) groups is 2. The van der Waals surface area contributed by atoms with Gasteiger partial charge < -0.3 is 9.52 Å². The summed E-state index contributed by atoms with van der Waals surface area (Å²) < 4.78 is 19.7. The summed E-state index contributed by atoms with van der Waals surface area (Å²) in [5.74, 6) is -1.21. The molecule has 0 aliphatic carbocycles. The lowest BCUT2D eigenvalue weighted by molar-refractivity contribution is -0.113. The maximum absolute atomic E-state index is 13.8. The molecule has 1 saturated heterocycles. The van der Waals surface area contributed by atoms with Gasteiger partial charge in [0.2, 0.25) is 5.95 Å².